The second-order valence-electron chi connectivity index (χ2n) is 4.29. The van der Waals surface area contributed by atoms with Gasteiger partial charge in [-0.2, -0.15) is 11.8 Å². The highest BCUT2D eigenvalue weighted by atomic mass is 32.2. The predicted molar refractivity (Wildman–Crippen MR) is 69.9 cm³/mol. The van der Waals surface area contributed by atoms with Gasteiger partial charge < -0.3 is 10.4 Å². The fourth-order valence-corrected chi connectivity index (χ4v) is 3.23. The van der Waals surface area contributed by atoms with Crippen molar-refractivity contribution in [3.05, 3.63) is 29.8 Å². The van der Waals surface area contributed by atoms with Crippen LogP contribution < -0.4 is 5.32 Å². The Kier molecular flexibility index (Phi) is 4.55. The molecule has 3 heteroatoms. The first kappa shape index (κ1) is 11.8. The molecule has 1 aliphatic heterocycles. The van der Waals surface area contributed by atoms with Gasteiger partial charge in [0.2, 0.25) is 0 Å². The van der Waals surface area contributed by atoms with E-state index in [2.05, 4.69) is 17.1 Å². The summed E-state index contributed by atoms with van der Waals surface area (Å²) < 4.78 is 0. The van der Waals surface area contributed by atoms with Gasteiger partial charge in [-0.15, -0.1) is 0 Å². The quantitative estimate of drug-likeness (QED) is 0.844. The Labute approximate surface area is 101 Å². The van der Waals surface area contributed by atoms with Crippen molar-refractivity contribution in [1.82, 2.24) is 5.32 Å². The Balaban J connectivity index is 1.69. The third-order valence-corrected chi connectivity index (χ3v) is 4.31. The minimum Gasteiger partial charge on any atom is -0.508 e. The van der Waals surface area contributed by atoms with Gasteiger partial charge in [0.15, 0.2) is 0 Å². The molecule has 1 fully saturated rings. The molecular weight excluding hydrogens is 218 g/mol. The second-order valence-corrected chi connectivity index (χ2v) is 5.69. The maximum atomic E-state index is 9.16. The second kappa shape index (κ2) is 6.16. The molecule has 1 aliphatic rings. The first-order chi connectivity index (χ1) is 7.84. The lowest BCUT2D eigenvalue weighted by molar-refractivity contribution is 0.475. The smallest absolute Gasteiger partial charge is 0.115 e. The monoisotopic (exact) mass is 237 g/mol. The largest absolute Gasteiger partial charge is 0.508 e. The molecule has 2 rings (SSSR count). The normalized spacial score (nSPS) is 20.9. The van der Waals surface area contributed by atoms with Gasteiger partial charge in [0.25, 0.3) is 0 Å². The fraction of sp³-hybridized carbons (Fsp3) is 0.538. The standard InChI is InChI=1S/C13H19NOS/c15-12-6-4-11(5-7-12)9-14-10-13-3-1-2-8-16-13/h4-7,13-15H,1-3,8-10H2. The summed E-state index contributed by atoms with van der Waals surface area (Å²) in [6, 6.07) is 7.42. The molecule has 0 saturated carbocycles. The summed E-state index contributed by atoms with van der Waals surface area (Å²) in [6.45, 7) is 2.00. The lowest BCUT2D eigenvalue weighted by atomic mass is 10.2. The van der Waals surface area contributed by atoms with E-state index in [-0.39, 0.29) is 0 Å². The molecule has 16 heavy (non-hydrogen) atoms. The summed E-state index contributed by atoms with van der Waals surface area (Å²) in [5.74, 6) is 1.66. The zero-order chi connectivity index (χ0) is 11.2. The number of hydrogen-bond acceptors (Lipinski definition) is 3. The highest BCUT2D eigenvalue weighted by Gasteiger charge is 2.12. The van der Waals surface area contributed by atoms with Crippen LogP contribution in [-0.4, -0.2) is 22.7 Å². The molecule has 1 saturated heterocycles. The van der Waals surface area contributed by atoms with E-state index < -0.39 is 0 Å². The highest BCUT2D eigenvalue weighted by molar-refractivity contribution is 7.99. The van der Waals surface area contributed by atoms with Crippen molar-refractivity contribution < 1.29 is 5.11 Å². The molecule has 1 heterocycles. The molecule has 1 atom stereocenters. The van der Waals surface area contributed by atoms with Gasteiger partial charge in [0.05, 0.1) is 0 Å². The summed E-state index contributed by atoms with van der Waals surface area (Å²) in [5, 5.41) is 13.4. The first-order valence-electron chi connectivity index (χ1n) is 5.95. The molecule has 1 aromatic rings. The Morgan fingerprint density at radius 3 is 2.75 bits per heavy atom. The Morgan fingerprint density at radius 1 is 1.25 bits per heavy atom. The summed E-state index contributed by atoms with van der Waals surface area (Å²) in [4.78, 5) is 0. The molecule has 2 nitrogen and oxygen atoms in total. The minimum absolute atomic E-state index is 0.339. The Morgan fingerprint density at radius 2 is 2.06 bits per heavy atom. The Bertz CT molecular complexity index is 306. The number of phenolic OH excluding ortho intramolecular Hbond substituents is 1. The van der Waals surface area contributed by atoms with Crippen molar-refractivity contribution in [2.45, 2.75) is 31.1 Å². The van der Waals surface area contributed by atoms with Crippen molar-refractivity contribution in [2.75, 3.05) is 12.3 Å². The molecular formula is C13H19NOS. The summed E-state index contributed by atoms with van der Waals surface area (Å²) in [7, 11) is 0. The van der Waals surface area contributed by atoms with E-state index in [0.717, 1.165) is 18.3 Å². The number of thioether (sulfide) groups is 1. The van der Waals surface area contributed by atoms with Crippen LogP contribution in [0.25, 0.3) is 0 Å². The maximum absolute atomic E-state index is 9.16. The lowest BCUT2D eigenvalue weighted by Crippen LogP contribution is -2.26. The zero-order valence-corrected chi connectivity index (χ0v) is 10.3. The van der Waals surface area contributed by atoms with Gasteiger partial charge in [-0.05, 0) is 36.3 Å². The fourth-order valence-electron chi connectivity index (χ4n) is 1.96. The van der Waals surface area contributed by atoms with E-state index >= 15 is 0 Å². The van der Waals surface area contributed by atoms with Crippen LogP contribution in [0, 0.1) is 0 Å². The third-order valence-electron chi connectivity index (χ3n) is 2.91. The molecule has 1 unspecified atom stereocenters. The number of rotatable bonds is 4. The van der Waals surface area contributed by atoms with Crippen LogP contribution in [0.2, 0.25) is 0 Å². The van der Waals surface area contributed by atoms with E-state index in [4.69, 9.17) is 5.11 Å². The summed E-state index contributed by atoms with van der Waals surface area (Å²) in [5.41, 5.74) is 1.23. The molecule has 0 aliphatic carbocycles. The SMILES string of the molecule is Oc1ccc(CNCC2CCCCS2)cc1. The van der Waals surface area contributed by atoms with Gasteiger partial charge in [0, 0.05) is 18.3 Å². The van der Waals surface area contributed by atoms with E-state index in [1.165, 1.54) is 30.6 Å². The van der Waals surface area contributed by atoms with Crippen molar-refractivity contribution in [3.8, 4) is 5.75 Å². The van der Waals surface area contributed by atoms with Crippen LogP contribution >= 0.6 is 11.8 Å². The highest BCUT2D eigenvalue weighted by Crippen LogP contribution is 2.24. The third kappa shape index (κ3) is 3.72. The van der Waals surface area contributed by atoms with Gasteiger partial charge in [-0.1, -0.05) is 18.6 Å². The van der Waals surface area contributed by atoms with Gasteiger partial charge >= 0.3 is 0 Å². The number of benzene rings is 1. The maximum Gasteiger partial charge on any atom is 0.115 e. The first-order valence-corrected chi connectivity index (χ1v) is 7.00. The average Bonchev–Trinajstić information content (AvgIpc) is 2.33. The zero-order valence-electron chi connectivity index (χ0n) is 9.48. The molecule has 0 radical (unpaired) electrons. The van der Waals surface area contributed by atoms with E-state index in [0.29, 0.717) is 5.75 Å². The van der Waals surface area contributed by atoms with Crippen LogP contribution in [0.1, 0.15) is 24.8 Å². The number of aromatic hydroxyl groups is 1. The molecule has 0 aromatic heterocycles. The Hall–Kier alpha value is -0.670. The van der Waals surface area contributed by atoms with Crippen LogP contribution in [-0.2, 0) is 6.54 Å². The lowest BCUT2D eigenvalue weighted by Gasteiger charge is -2.21. The van der Waals surface area contributed by atoms with Crippen molar-refractivity contribution in [3.63, 3.8) is 0 Å². The molecule has 88 valence electrons. The number of hydrogen-bond donors (Lipinski definition) is 2. The summed E-state index contributed by atoms with van der Waals surface area (Å²) >= 11 is 2.10. The average molecular weight is 237 g/mol. The number of phenols is 1. The molecule has 0 bridgehead atoms. The van der Waals surface area contributed by atoms with E-state index in [9.17, 15) is 0 Å². The van der Waals surface area contributed by atoms with E-state index in [1.54, 1.807) is 12.1 Å². The minimum atomic E-state index is 0.339. The molecule has 2 N–H and O–H groups in total. The molecule has 1 aromatic carbocycles. The topological polar surface area (TPSA) is 32.3 Å². The number of nitrogens with one attached hydrogen (secondary N) is 1. The summed E-state index contributed by atoms with van der Waals surface area (Å²) in [6.07, 6.45) is 4.13. The van der Waals surface area contributed by atoms with Crippen LogP contribution in [0.15, 0.2) is 24.3 Å². The van der Waals surface area contributed by atoms with Crippen LogP contribution in [0.4, 0.5) is 0 Å². The van der Waals surface area contributed by atoms with Crippen LogP contribution in [0.3, 0.4) is 0 Å². The van der Waals surface area contributed by atoms with Gasteiger partial charge in [-0.3, -0.25) is 0 Å². The van der Waals surface area contributed by atoms with Gasteiger partial charge in [0.1, 0.15) is 5.75 Å². The molecule has 0 amide bonds. The molecule has 0 spiro atoms. The van der Waals surface area contributed by atoms with Gasteiger partial charge in [-0.25, -0.2) is 0 Å². The van der Waals surface area contributed by atoms with Crippen molar-refractivity contribution >= 4 is 11.8 Å². The van der Waals surface area contributed by atoms with E-state index in [1.807, 2.05) is 12.1 Å². The predicted octanol–water partition coefficient (Wildman–Crippen LogP) is 2.77. The van der Waals surface area contributed by atoms with Crippen LogP contribution in [0.5, 0.6) is 5.75 Å². The van der Waals surface area contributed by atoms with Crippen molar-refractivity contribution in [2.24, 2.45) is 0 Å². The van der Waals surface area contributed by atoms with Crippen molar-refractivity contribution in [1.29, 1.82) is 0 Å².